The van der Waals surface area contributed by atoms with Crippen LogP contribution in [-0.2, 0) is 62.2 Å². The van der Waals surface area contributed by atoms with Gasteiger partial charge in [0.05, 0.1) is 71.9 Å². The summed E-state index contributed by atoms with van der Waals surface area (Å²) >= 11 is 5.99. The van der Waals surface area contributed by atoms with E-state index in [1.165, 1.54) is 7.11 Å². The number of carboxylic acid groups (broad SMARTS) is 1. The lowest BCUT2D eigenvalue weighted by Gasteiger charge is -2.19. The molecule has 0 amide bonds. The lowest BCUT2D eigenvalue weighted by atomic mass is 9.80. The number of nitrogens with zero attached hydrogens (tertiary/aromatic N) is 8. The summed E-state index contributed by atoms with van der Waals surface area (Å²) in [6.45, 7) is 32.4. The van der Waals surface area contributed by atoms with Crippen molar-refractivity contribution in [2.24, 2.45) is 0 Å². The number of benzene rings is 4. The number of carbonyl (C=O) groups is 5. The minimum absolute atomic E-state index is 0.0349. The topological polar surface area (TPSA) is 254 Å². The number of rotatable bonds is 13. The van der Waals surface area contributed by atoms with E-state index in [9.17, 15) is 24.0 Å². The summed E-state index contributed by atoms with van der Waals surface area (Å²) in [5.41, 5.74) is 13.6. The molecule has 0 radical (unpaired) electrons. The van der Waals surface area contributed by atoms with Gasteiger partial charge in [-0.15, -0.1) is 0 Å². The molecule has 0 bridgehead atoms. The highest BCUT2D eigenvalue weighted by Gasteiger charge is 2.19. The summed E-state index contributed by atoms with van der Waals surface area (Å²) in [5.74, 6) is -1.71. The van der Waals surface area contributed by atoms with Gasteiger partial charge in [-0.2, -0.15) is 20.4 Å². The molecule has 0 aliphatic carbocycles. The number of carboxylic acids is 1. The highest BCUT2D eigenvalue weighted by Crippen LogP contribution is 2.19. The number of esters is 4. The number of ether oxygens (including phenoxy) is 4. The normalized spacial score (nSPS) is 10.8. The van der Waals surface area contributed by atoms with Crippen LogP contribution in [0.2, 0.25) is 0 Å². The highest BCUT2D eigenvalue weighted by molar-refractivity contribution is 9.09. The molecule has 0 saturated carbocycles. The fraction of sp³-hybridized carbons (Fsp3) is 0.388. The molecule has 0 fully saturated rings. The lowest BCUT2D eigenvalue weighted by Crippen LogP contribution is -2.30. The van der Waals surface area contributed by atoms with Crippen molar-refractivity contribution in [3.05, 3.63) is 184 Å². The second-order valence-corrected chi connectivity index (χ2v) is 25.0. The van der Waals surface area contributed by atoms with E-state index in [4.69, 9.17) is 29.4 Å². The van der Waals surface area contributed by atoms with Crippen molar-refractivity contribution in [1.29, 1.82) is 0 Å². The number of hydrogen-bond donors (Lipinski definition) is 3. The number of aromatic nitrogens is 8. The quantitative estimate of drug-likeness (QED) is 0.0420. The van der Waals surface area contributed by atoms with Crippen LogP contribution in [0, 0.1) is 55.4 Å². The van der Waals surface area contributed by atoms with E-state index in [0.29, 0.717) is 5.46 Å². The zero-order chi connectivity index (χ0) is 67.8. The monoisotopic (exact) mass is 1360 g/mol. The molecule has 8 aromatic rings. The minimum Gasteiger partial charge on any atom is -0.481 e. The number of halogens is 2. The maximum Gasteiger partial charge on any atom is 0.488 e. The Bertz CT molecular complexity index is 3610. The fourth-order valence-corrected chi connectivity index (χ4v) is 8.70. The third-order valence-electron chi connectivity index (χ3n) is 11.7. The molecule has 0 unspecified atom stereocenters. The lowest BCUT2D eigenvalue weighted by molar-refractivity contribution is -0.154. The van der Waals surface area contributed by atoms with Gasteiger partial charge in [0.15, 0.2) is 0 Å². The van der Waals surface area contributed by atoms with Crippen LogP contribution in [0.15, 0.2) is 121 Å². The maximum atomic E-state index is 11.9. The minimum atomic E-state index is -1.45. The third kappa shape index (κ3) is 28.2. The first-order chi connectivity index (χ1) is 41.9. The molecule has 4 heterocycles. The van der Waals surface area contributed by atoms with Gasteiger partial charge in [-0.25, -0.2) is 18.7 Å². The average molecular weight is 1370 g/mol. The van der Waals surface area contributed by atoms with Crippen LogP contribution < -0.4 is 5.46 Å². The van der Waals surface area contributed by atoms with E-state index in [2.05, 4.69) is 57.0 Å². The van der Waals surface area contributed by atoms with Crippen LogP contribution in [0.5, 0.6) is 0 Å². The molecule has 0 aliphatic rings. The largest absolute Gasteiger partial charge is 0.488 e. The van der Waals surface area contributed by atoms with E-state index in [1.807, 2.05) is 235 Å². The first kappa shape index (κ1) is 76.3. The second-order valence-electron chi connectivity index (χ2n) is 23.9. The van der Waals surface area contributed by atoms with Crippen molar-refractivity contribution in [3.63, 3.8) is 0 Å². The van der Waals surface area contributed by atoms with Crippen molar-refractivity contribution >= 4 is 74.3 Å². The van der Waals surface area contributed by atoms with Gasteiger partial charge in [0.25, 0.3) is 0 Å². The second kappa shape index (κ2) is 35.4. The smallest absolute Gasteiger partial charge is 0.481 e. The number of aliphatic carboxylic acids is 1. The summed E-state index contributed by atoms with van der Waals surface area (Å²) in [4.78, 5) is 54.9. The Morgan fingerprint density at radius 1 is 0.422 bits per heavy atom. The highest BCUT2D eigenvalue weighted by atomic mass is 79.9. The van der Waals surface area contributed by atoms with Gasteiger partial charge in [-0.05, 0) is 213 Å². The molecule has 8 rings (SSSR count). The third-order valence-corrected chi connectivity index (χ3v) is 12.6. The molecule has 0 aliphatic heterocycles. The zero-order valence-electron chi connectivity index (χ0n) is 55.0. The number of aryl methyl sites for hydroxylation is 8. The Balaban J connectivity index is 0.000000289. The van der Waals surface area contributed by atoms with Gasteiger partial charge in [-0.1, -0.05) is 80.4 Å². The summed E-state index contributed by atoms with van der Waals surface area (Å²) < 4.78 is 27.2. The van der Waals surface area contributed by atoms with Gasteiger partial charge < -0.3 is 34.1 Å². The SMILES string of the molecule is CC(C)(C)OC(=O)CBr.CC(C)(C)OC(=O)CBr.COC(=O)Cc1cccc(-n2nc(C)cc2C)c1.Cc1cc(C)n(-c2cccc(B(O)O)c2)n1.Cc1cc(C)n(-c2cccc(CC(=O)O)c2)n1.Cc1cc(C)n(-c2cccc(CC(=O)OC(C)(C)C)c2)n1. The van der Waals surface area contributed by atoms with Gasteiger partial charge >= 0.3 is 37.0 Å². The Morgan fingerprint density at radius 2 is 0.700 bits per heavy atom. The molecule has 3 N–H and O–H groups in total. The van der Waals surface area contributed by atoms with Gasteiger partial charge in [0, 0.05) is 22.8 Å². The van der Waals surface area contributed by atoms with Crippen molar-refractivity contribution in [2.75, 3.05) is 17.8 Å². The first-order valence-corrected chi connectivity index (χ1v) is 31.1. The molecular weight excluding hydrogens is 1280 g/mol. The number of methoxy groups -OCH3 is 1. The molecule has 0 spiro atoms. The Hall–Kier alpha value is -7.99. The van der Waals surface area contributed by atoms with E-state index >= 15 is 0 Å². The van der Waals surface area contributed by atoms with E-state index in [1.54, 1.807) is 22.9 Å². The predicted octanol–water partition coefficient (Wildman–Crippen LogP) is 11.3. The molecule has 4 aromatic heterocycles. The van der Waals surface area contributed by atoms with Crippen molar-refractivity contribution in [2.45, 2.75) is 154 Å². The van der Waals surface area contributed by atoms with Crippen LogP contribution in [0.1, 0.15) is 125 Å². The molecule has 4 aromatic carbocycles. The van der Waals surface area contributed by atoms with Crippen molar-refractivity contribution in [1.82, 2.24) is 39.1 Å². The molecule has 484 valence electrons. The van der Waals surface area contributed by atoms with Gasteiger partial charge in [0.2, 0.25) is 0 Å². The van der Waals surface area contributed by atoms with Gasteiger partial charge in [-0.3, -0.25) is 24.0 Å². The molecule has 0 saturated heterocycles. The van der Waals surface area contributed by atoms with Crippen LogP contribution in [0.4, 0.5) is 0 Å². The zero-order valence-corrected chi connectivity index (χ0v) is 58.2. The predicted molar refractivity (Wildman–Crippen MR) is 358 cm³/mol. The molecule has 90 heavy (non-hydrogen) atoms. The Morgan fingerprint density at radius 3 is 0.944 bits per heavy atom. The fourth-order valence-electron chi connectivity index (χ4n) is 8.47. The van der Waals surface area contributed by atoms with Crippen molar-refractivity contribution < 1.29 is 58.1 Å². The molecular formula is C67H87BBr2N8O12. The summed E-state index contributed by atoms with van der Waals surface area (Å²) in [6, 6.07) is 38.1. The number of alkyl halides is 2. The van der Waals surface area contributed by atoms with E-state index in [-0.39, 0.29) is 65.0 Å². The maximum absolute atomic E-state index is 11.9. The average Bonchev–Trinajstić information content (AvgIpc) is 2.24. The Labute approximate surface area is 546 Å². The van der Waals surface area contributed by atoms with E-state index < -0.39 is 18.7 Å². The van der Waals surface area contributed by atoms with E-state index in [0.717, 1.165) is 85.0 Å². The van der Waals surface area contributed by atoms with Crippen LogP contribution in [0.25, 0.3) is 22.7 Å². The molecule has 20 nitrogen and oxygen atoms in total. The van der Waals surface area contributed by atoms with Crippen molar-refractivity contribution in [3.8, 4) is 22.7 Å². The van der Waals surface area contributed by atoms with Crippen LogP contribution in [-0.4, -0.2) is 126 Å². The Kier molecular flexibility index (Phi) is 30.0. The number of carbonyl (C=O) groups excluding carboxylic acids is 4. The number of hydrogen-bond acceptors (Lipinski definition) is 15. The van der Waals surface area contributed by atoms with Gasteiger partial charge in [0.1, 0.15) is 27.5 Å². The molecule has 23 heteroatoms. The van der Waals surface area contributed by atoms with Crippen LogP contribution >= 0.6 is 31.9 Å². The molecule has 0 atom stereocenters. The first-order valence-electron chi connectivity index (χ1n) is 28.8. The standard InChI is InChI=1S/C17H22N2O2.C14H16N2O2.C13H14N2O2.C11H13BN2O2.2C6H11BrO2/c1-12-9-13(2)19(18-12)15-8-6-7-14(10-15)11-16(20)21-17(3,4)5;1-10-7-11(2)16(15-10)13-6-4-5-12(8-13)9-14(17)18-3;1-9-6-10(2)15(14-9)12-5-3-4-11(7-12)8-13(16)17;1-8-6-9(2)14(13-8)11-5-3-4-10(7-11)12(15)16;2*1-6(2,3)9-5(8)4-7/h6-10H,11H2,1-5H3;4-8H,9H2,1-3H3;3-7H,8H2,1-2H3,(H,16,17);3-7,15-16H,1-2H3;2*4H2,1-3H3. The summed E-state index contributed by atoms with van der Waals surface area (Å²) in [6.07, 6.45) is 0.585. The van der Waals surface area contributed by atoms with Crippen LogP contribution in [0.3, 0.4) is 0 Å². The summed E-state index contributed by atoms with van der Waals surface area (Å²) in [7, 11) is -0.0513. The summed E-state index contributed by atoms with van der Waals surface area (Å²) in [5, 5.41) is 45.1.